The number of para-hydroxylation sites is 1. The minimum atomic E-state index is -0.193. The maximum absolute atomic E-state index is 12.5. The molecule has 4 aromatic rings. The van der Waals surface area contributed by atoms with Crippen LogP contribution >= 0.6 is 22.9 Å². The standard InChI is InChI=1S/C22H20ClN3O2S/c1-28-11-10-26-19-5-3-2-4-16(19)12-20(26)22-25-18(14-29-22)21(27)24-13-15-6-8-17(23)9-7-15/h2-9,12,14H,10-11,13H2,1H3,(H,24,27). The number of amides is 1. The first-order valence-corrected chi connectivity index (χ1v) is 10.5. The molecule has 0 atom stereocenters. The molecule has 2 aromatic carbocycles. The van der Waals surface area contributed by atoms with Crippen LogP contribution < -0.4 is 5.32 Å². The minimum absolute atomic E-state index is 0.193. The number of nitrogens with zero attached hydrogens (tertiary/aromatic N) is 2. The van der Waals surface area contributed by atoms with Crippen LogP contribution in [0.5, 0.6) is 0 Å². The van der Waals surface area contributed by atoms with Gasteiger partial charge in [0.05, 0.1) is 12.3 Å². The van der Waals surface area contributed by atoms with Gasteiger partial charge in [-0.15, -0.1) is 11.3 Å². The Hall–Kier alpha value is -2.67. The number of nitrogens with one attached hydrogen (secondary N) is 1. The van der Waals surface area contributed by atoms with E-state index < -0.39 is 0 Å². The highest BCUT2D eigenvalue weighted by molar-refractivity contribution is 7.13. The summed E-state index contributed by atoms with van der Waals surface area (Å²) in [5, 5.41) is 7.34. The Kier molecular flexibility index (Phi) is 5.94. The van der Waals surface area contributed by atoms with Gasteiger partial charge in [0.15, 0.2) is 0 Å². The van der Waals surface area contributed by atoms with E-state index in [1.807, 2.05) is 36.4 Å². The van der Waals surface area contributed by atoms with E-state index >= 15 is 0 Å². The molecule has 0 aliphatic heterocycles. The number of benzene rings is 2. The third kappa shape index (κ3) is 4.34. The van der Waals surface area contributed by atoms with Crippen LogP contribution in [0.3, 0.4) is 0 Å². The van der Waals surface area contributed by atoms with Crippen LogP contribution in [0.25, 0.3) is 21.6 Å². The van der Waals surface area contributed by atoms with Crippen molar-refractivity contribution in [3.05, 3.63) is 76.3 Å². The number of fused-ring (bicyclic) bond motifs is 1. The molecule has 0 aliphatic rings. The maximum atomic E-state index is 12.5. The van der Waals surface area contributed by atoms with E-state index in [1.165, 1.54) is 11.3 Å². The van der Waals surface area contributed by atoms with Crippen LogP contribution in [0.2, 0.25) is 5.02 Å². The summed E-state index contributed by atoms with van der Waals surface area (Å²) in [7, 11) is 1.69. The molecule has 0 saturated heterocycles. The van der Waals surface area contributed by atoms with Gasteiger partial charge in [-0.2, -0.15) is 0 Å². The van der Waals surface area contributed by atoms with E-state index in [0.29, 0.717) is 23.9 Å². The number of aromatic nitrogens is 2. The highest BCUT2D eigenvalue weighted by Crippen LogP contribution is 2.30. The Balaban J connectivity index is 1.55. The molecule has 2 heterocycles. The van der Waals surface area contributed by atoms with Crippen molar-refractivity contribution in [2.45, 2.75) is 13.1 Å². The van der Waals surface area contributed by atoms with Crippen LogP contribution in [0, 0.1) is 0 Å². The SMILES string of the molecule is COCCn1c(-c2nc(C(=O)NCc3ccc(Cl)cc3)cs2)cc2ccccc21. The number of thiazole rings is 1. The lowest BCUT2D eigenvalue weighted by Crippen LogP contribution is -2.23. The molecule has 7 heteroatoms. The molecule has 29 heavy (non-hydrogen) atoms. The average Bonchev–Trinajstić information content (AvgIpc) is 3.36. The fourth-order valence-corrected chi connectivity index (χ4v) is 4.13. The largest absolute Gasteiger partial charge is 0.383 e. The van der Waals surface area contributed by atoms with Gasteiger partial charge in [0, 0.05) is 41.5 Å². The normalized spacial score (nSPS) is 11.1. The molecule has 0 unspecified atom stereocenters. The number of halogens is 1. The van der Waals surface area contributed by atoms with Crippen molar-refractivity contribution in [1.29, 1.82) is 0 Å². The van der Waals surface area contributed by atoms with Crippen molar-refractivity contribution >= 4 is 39.7 Å². The second-order valence-electron chi connectivity index (χ2n) is 6.58. The van der Waals surface area contributed by atoms with E-state index in [1.54, 1.807) is 12.5 Å². The molecule has 0 spiro atoms. The predicted octanol–water partition coefficient (Wildman–Crippen LogP) is 4.99. The van der Waals surface area contributed by atoms with Gasteiger partial charge < -0.3 is 14.6 Å². The summed E-state index contributed by atoms with van der Waals surface area (Å²) < 4.78 is 7.46. The molecular weight excluding hydrogens is 406 g/mol. The Bertz CT molecular complexity index is 1130. The highest BCUT2D eigenvalue weighted by Gasteiger charge is 2.16. The van der Waals surface area contributed by atoms with Gasteiger partial charge in [-0.3, -0.25) is 4.79 Å². The van der Waals surface area contributed by atoms with Crippen molar-refractivity contribution in [3.63, 3.8) is 0 Å². The lowest BCUT2D eigenvalue weighted by Gasteiger charge is -2.08. The molecule has 1 N–H and O–H groups in total. The van der Waals surface area contributed by atoms with Crippen LogP contribution in [-0.2, 0) is 17.8 Å². The first-order chi connectivity index (χ1) is 14.2. The van der Waals surface area contributed by atoms with Crippen molar-refractivity contribution in [2.24, 2.45) is 0 Å². The third-order valence-electron chi connectivity index (χ3n) is 4.65. The van der Waals surface area contributed by atoms with Crippen LogP contribution in [-0.4, -0.2) is 29.2 Å². The van der Waals surface area contributed by atoms with Crippen molar-refractivity contribution in [3.8, 4) is 10.7 Å². The van der Waals surface area contributed by atoms with E-state index in [4.69, 9.17) is 16.3 Å². The number of hydrogen-bond donors (Lipinski definition) is 1. The van der Waals surface area contributed by atoms with Gasteiger partial charge in [0.1, 0.15) is 10.7 Å². The number of methoxy groups -OCH3 is 1. The summed E-state index contributed by atoms with van der Waals surface area (Å²) in [5.74, 6) is -0.193. The molecule has 5 nitrogen and oxygen atoms in total. The van der Waals surface area contributed by atoms with Crippen molar-refractivity contribution in [2.75, 3.05) is 13.7 Å². The second kappa shape index (κ2) is 8.78. The number of carbonyl (C=O) groups excluding carboxylic acids is 1. The van der Waals surface area contributed by atoms with E-state index in [2.05, 4.69) is 33.1 Å². The lowest BCUT2D eigenvalue weighted by molar-refractivity contribution is 0.0946. The summed E-state index contributed by atoms with van der Waals surface area (Å²) in [4.78, 5) is 17.1. The van der Waals surface area contributed by atoms with Gasteiger partial charge in [-0.25, -0.2) is 4.98 Å². The zero-order chi connectivity index (χ0) is 20.2. The molecule has 0 saturated carbocycles. The number of rotatable bonds is 7. The van der Waals surface area contributed by atoms with Crippen LogP contribution in [0.1, 0.15) is 16.1 Å². The Labute approximate surface area is 177 Å². The summed E-state index contributed by atoms with van der Waals surface area (Å²) >= 11 is 7.37. The molecule has 148 valence electrons. The maximum Gasteiger partial charge on any atom is 0.271 e. The van der Waals surface area contributed by atoms with Crippen LogP contribution in [0.15, 0.2) is 60.0 Å². The fraction of sp³-hybridized carbons (Fsp3) is 0.182. The molecule has 0 fully saturated rings. The van der Waals surface area contributed by atoms with Crippen molar-refractivity contribution in [1.82, 2.24) is 14.9 Å². The van der Waals surface area contributed by atoms with Crippen molar-refractivity contribution < 1.29 is 9.53 Å². The summed E-state index contributed by atoms with van der Waals surface area (Å²) in [6.45, 7) is 1.75. The van der Waals surface area contributed by atoms with Gasteiger partial charge in [-0.1, -0.05) is 41.9 Å². The van der Waals surface area contributed by atoms with E-state index in [-0.39, 0.29) is 5.91 Å². The van der Waals surface area contributed by atoms with Gasteiger partial charge in [-0.05, 0) is 29.8 Å². The number of hydrogen-bond acceptors (Lipinski definition) is 4. The smallest absolute Gasteiger partial charge is 0.271 e. The van der Waals surface area contributed by atoms with Gasteiger partial charge >= 0.3 is 0 Å². The minimum Gasteiger partial charge on any atom is -0.383 e. The van der Waals surface area contributed by atoms with Gasteiger partial charge in [0.2, 0.25) is 0 Å². The van der Waals surface area contributed by atoms with E-state index in [9.17, 15) is 4.79 Å². The molecule has 4 rings (SSSR count). The number of carbonyl (C=O) groups is 1. The summed E-state index contributed by atoms with van der Waals surface area (Å²) in [6.07, 6.45) is 0. The average molecular weight is 426 g/mol. The summed E-state index contributed by atoms with van der Waals surface area (Å²) in [5.41, 5.74) is 3.52. The zero-order valence-electron chi connectivity index (χ0n) is 15.9. The first kappa shape index (κ1) is 19.6. The Morgan fingerprint density at radius 1 is 1.21 bits per heavy atom. The highest BCUT2D eigenvalue weighted by atomic mass is 35.5. The molecular formula is C22H20ClN3O2S. The molecule has 0 bridgehead atoms. The summed E-state index contributed by atoms with van der Waals surface area (Å²) in [6, 6.07) is 17.7. The first-order valence-electron chi connectivity index (χ1n) is 9.21. The van der Waals surface area contributed by atoms with E-state index in [0.717, 1.165) is 33.7 Å². The third-order valence-corrected chi connectivity index (χ3v) is 5.77. The molecule has 0 aliphatic carbocycles. The quantitative estimate of drug-likeness (QED) is 0.453. The second-order valence-corrected chi connectivity index (χ2v) is 7.87. The molecule has 2 aromatic heterocycles. The monoisotopic (exact) mass is 425 g/mol. The Morgan fingerprint density at radius 2 is 2.00 bits per heavy atom. The fourth-order valence-electron chi connectivity index (χ4n) is 3.18. The lowest BCUT2D eigenvalue weighted by atomic mass is 10.2. The molecule has 0 radical (unpaired) electrons. The molecule has 1 amide bonds. The zero-order valence-corrected chi connectivity index (χ0v) is 17.5. The Morgan fingerprint density at radius 3 is 2.79 bits per heavy atom. The number of ether oxygens (including phenoxy) is 1. The topological polar surface area (TPSA) is 56.2 Å². The predicted molar refractivity (Wildman–Crippen MR) is 118 cm³/mol. The van der Waals surface area contributed by atoms with Crippen LogP contribution in [0.4, 0.5) is 0 Å². The van der Waals surface area contributed by atoms with Gasteiger partial charge in [0.25, 0.3) is 5.91 Å².